The molecule has 1 aliphatic carbocycles. The average molecular weight is 841 g/mol. The largest absolute Gasteiger partial charge is 0.691 e. The first-order chi connectivity index (χ1) is 28.3. The zero-order chi connectivity index (χ0) is 41.0. The zero-order valence-corrected chi connectivity index (χ0v) is 33.5. The Morgan fingerprint density at radius 3 is 1.29 bits per heavy atom. The molecule has 1 aromatic carbocycles. The number of nitrogens with zero attached hydrogens (tertiary/aromatic N) is 2. The highest BCUT2D eigenvalue weighted by Crippen LogP contribution is 2.28. The van der Waals surface area contributed by atoms with Crippen LogP contribution in [-0.2, 0) is 31.8 Å². The summed E-state index contributed by atoms with van der Waals surface area (Å²) in [5.74, 6) is -0.0897. The molecule has 18 nitrogen and oxygen atoms in total. The Kier molecular flexibility index (Phi) is 18.7. The van der Waals surface area contributed by atoms with E-state index in [0.29, 0.717) is 49.1 Å². The van der Waals surface area contributed by atoms with Gasteiger partial charge in [0.2, 0.25) is 0 Å². The third-order valence-electron chi connectivity index (χ3n) is 9.70. The van der Waals surface area contributed by atoms with Gasteiger partial charge in [-0.25, -0.2) is 9.97 Å². The van der Waals surface area contributed by atoms with E-state index in [4.69, 9.17) is 0 Å². The van der Waals surface area contributed by atoms with Crippen molar-refractivity contribution in [3.05, 3.63) is 82.4 Å². The number of benzene rings is 1. The van der Waals surface area contributed by atoms with Crippen molar-refractivity contribution in [3.63, 3.8) is 0 Å². The van der Waals surface area contributed by atoms with Crippen LogP contribution in [0.3, 0.4) is 0 Å². The number of aromatic nitrogens is 2. The van der Waals surface area contributed by atoms with Crippen LogP contribution in [0.25, 0.3) is 0 Å². The number of amides is 4. The van der Waals surface area contributed by atoms with Gasteiger partial charge in [-0.05, 0) is 98.6 Å². The summed E-state index contributed by atoms with van der Waals surface area (Å²) in [5.41, 5.74) is 3.14. The predicted octanol–water partition coefficient (Wildman–Crippen LogP) is 2.74. The smallest absolute Gasteiger partial charge is 0.270 e. The van der Waals surface area contributed by atoms with Crippen LogP contribution < -0.4 is 42.4 Å². The van der Waals surface area contributed by atoms with Crippen LogP contribution in [0, 0.1) is 11.8 Å². The number of hydrogen-bond donors (Lipinski definition) is 6. The van der Waals surface area contributed by atoms with Crippen LogP contribution in [0.4, 0.5) is 11.4 Å². The third-order valence-corrected chi connectivity index (χ3v) is 10.9. The second kappa shape index (κ2) is 24.4. The first kappa shape index (κ1) is 44.6. The Morgan fingerprint density at radius 2 is 0.931 bits per heavy atom. The molecule has 3 aromatic rings. The maximum Gasteiger partial charge on any atom is 0.270 e. The summed E-state index contributed by atoms with van der Waals surface area (Å²) in [6.45, 7) is 2.35. The first-order valence-electron chi connectivity index (χ1n) is 19.2. The normalized spacial score (nSPS) is 17.9. The van der Waals surface area contributed by atoms with Crippen LogP contribution in [0.5, 0.6) is 0 Å². The second-order valence-electron chi connectivity index (χ2n) is 13.9. The van der Waals surface area contributed by atoms with Crippen LogP contribution in [0.1, 0.15) is 104 Å². The van der Waals surface area contributed by atoms with Crippen LogP contribution in [0.15, 0.2) is 48.5 Å². The van der Waals surface area contributed by atoms with Crippen molar-refractivity contribution in [1.29, 1.82) is 0 Å². The van der Waals surface area contributed by atoms with Gasteiger partial charge < -0.3 is 42.4 Å². The van der Waals surface area contributed by atoms with Crippen molar-refractivity contribution < 1.29 is 48.4 Å². The molecule has 5 aliphatic rings. The van der Waals surface area contributed by atoms with Crippen molar-refractivity contribution in [2.24, 2.45) is 11.8 Å². The molecule has 4 amide bonds. The molecule has 6 N–H and O–H groups in total. The van der Waals surface area contributed by atoms with Crippen LogP contribution in [-0.4, -0.2) is 71.3 Å². The number of carbonyl (C=O) groups is 4. The lowest BCUT2D eigenvalue weighted by molar-refractivity contribution is -0.777. The van der Waals surface area contributed by atoms with E-state index in [9.17, 15) is 29.7 Å². The van der Waals surface area contributed by atoms with Crippen molar-refractivity contribution >= 4 is 59.1 Å². The minimum atomic E-state index is -0.449. The third kappa shape index (κ3) is 15.0. The van der Waals surface area contributed by atoms with Gasteiger partial charge in [0.1, 0.15) is 22.8 Å². The molecule has 58 heavy (non-hydrogen) atoms. The van der Waals surface area contributed by atoms with Gasteiger partial charge in [-0.2, -0.15) is 8.67 Å². The van der Waals surface area contributed by atoms with E-state index in [0.717, 1.165) is 86.6 Å². The molecule has 0 atom stereocenters. The summed E-state index contributed by atoms with van der Waals surface area (Å²) in [6, 6.07) is 13.8. The fourth-order valence-corrected chi connectivity index (χ4v) is 7.35. The lowest BCUT2D eigenvalue weighted by atomic mass is 9.82. The highest BCUT2D eigenvalue weighted by atomic mass is 32.2. The van der Waals surface area contributed by atoms with Gasteiger partial charge in [-0.3, -0.25) is 29.3 Å². The molecule has 6 heterocycles. The lowest BCUT2D eigenvalue weighted by Gasteiger charge is -2.28. The maximum absolute atomic E-state index is 13.4. The number of rotatable bonds is 16. The minimum Gasteiger partial charge on any atom is -0.691 e. The number of anilines is 2. The van der Waals surface area contributed by atoms with E-state index in [1.54, 1.807) is 24.3 Å². The molecule has 0 saturated heterocycles. The highest BCUT2D eigenvalue weighted by Gasteiger charge is 2.24. The van der Waals surface area contributed by atoms with Crippen molar-refractivity contribution in [2.75, 3.05) is 48.3 Å². The molecule has 1 fully saturated rings. The summed E-state index contributed by atoms with van der Waals surface area (Å²) in [6.07, 6.45) is 6.34. The van der Waals surface area contributed by atoms with Gasteiger partial charge in [0.05, 0.1) is 0 Å². The molecule has 1 saturated carbocycles. The van der Waals surface area contributed by atoms with Crippen LogP contribution in [0.2, 0.25) is 0 Å². The summed E-state index contributed by atoms with van der Waals surface area (Å²) in [4.78, 5) is 62.4. The minimum absolute atomic E-state index is 0.0861. The summed E-state index contributed by atoms with van der Waals surface area (Å²) in [7, 11) is 0. The summed E-state index contributed by atoms with van der Waals surface area (Å²) < 4.78 is 8.58. The van der Waals surface area contributed by atoms with E-state index < -0.39 is 11.8 Å². The SMILES string of the molecule is O=C1NCc2ccc(cc2)CNC(=O)c2cc(NCCCCSOO[O-])cc(n2)C(=O)NCC2CCC(CC2)CNC(=O)c2cc(NCCCCSOO[O-])cc1n2. The standard InChI is InChI=1S/C38H50N8O10S2/c47-35-31-17-29(39-13-1-3-15-57-55-53-51)18-32(45-31)36(48)42-22-26-7-11-28(12-8-26)24-44-38(50)34-20-30(40-14-2-4-16-58-56-54-52)19-33(46-34)37(49)43-23-27-9-5-25(6-10-27)21-41-35/h5-6,9-10,17-20,26,28,51-52H,1-4,7-8,11-16,21-24H2,(H,39,45)(H,40,46)(H,41,47)(H,42,48)(H,43,49)(H,44,50)/p-2. The molecule has 2 aromatic heterocycles. The van der Waals surface area contributed by atoms with E-state index in [1.165, 1.54) is 0 Å². The quantitative estimate of drug-likeness (QED) is 0.0525. The summed E-state index contributed by atoms with van der Waals surface area (Å²) in [5, 5.41) is 45.0. The molecule has 314 valence electrons. The van der Waals surface area contributed by atoms with Gasteiger partial charge in [-0.1, -0.05) is 24.3 Å². The number of carbonyl (C=O) groups excluding carboxylic acids is 4. The van der Waals surface area contributed by atoms with Gasteiger partial charge in [0, 0.05) is 86.2 Å². The highest BCUT2D eigenvalue weighted by molar-refractivity contribution is 7.94. The van der Waals surface area contributed by atoms with Gasteiger partial charge in [0.25, 0.3) is 23.6 Å². The second-order valence-corrected chi connectivity index (χ2v) is 15.5. The van der Waals surface area contributed by atoms with E-state index >= 15 is 0 Å². The molecule has 20 heteroatoms. The maximum atomic E-state index is 13.4. The molecule has 0 spiro atoms. The van der Waals surface area contributed by atoms with Crippen molar-refractivity contribution in [1.82, 2.24) is 31.2 Å². The Balaban J connectivity index is 1.29. The average Bonchev–Trinajstić information content (AvgIpc) is 3.25. The fraction of sp³-hybridized carbons (Fsp3) is 0.474. The topological polar surface area (TPSA) is 249 Å². The van der Waals surface area contributed by atoms with E-state index in [2.05, 4.69) is 60.6 Å². The lowest BCUT2D eigenvalue weighted by Crippen LogP contribution is -2.35. The molecule has 0 unspecified atom stereocenters. The molecule has 8 bridgehead atoms. The Morgan fingerprint density at radius 1 is 0.569 bits per heavy atom. The first-order valence-corrected chi connectivity index (χ1v) is 21.0. The number of pyridine rings is 2. The van der Waals surface area contributed by atoms with Gasteiger partial charge in [-0.15, -0.1) is 0 Å². The van der Waals surface area contributed by atoms with Crippen molar-refractivity contribution in [2.45, 2.75) is 64.5 Å². The molecule has 0 radical (unpaired) electrons. The molecular weight excluding hydrogens is 793 g/mol. The number of unbranched alkanes of at least 4 members (excludes halogenated alkanes) is 2. The Labute approximate surface area is 344 Å². The predicted molar refractivity (Wildman–Crippen MR) is 212 cm³/mol. The van der Waals surface area contributed by atoms with E-state index in [1.807, 2.05) is 24.3 Å². The zero-order valence-electron chi connectivity index (χ0n) is 31.9. The van der Waals surface area contributed by atoms with E-state index in [-0.39, 0.29) is 59.5 Å². The molecule has 4 aliphatic heterocycles. The van der Waals surface area contributed by atoms with Crippen molar-refractivity contribution in [3.8, 4) is 0 Å². The molecule has 8 rings (SSSR count). The number of hydrogen-bond acceptors (Lipinski definition) is 16. The van der Waals surface area contributed by atoms with Gasteiger partial charge >= 0.3 is 0 Å². The molecular formula is C38H48N8O10S2-2. The summed E-state index contributed by atoms with van der Waals surface area (Å²) >= 11 is 1.84. The Hall–Kier alpha value is -4.54. The van der Waals surface area contributed by atoms with Gasteiger partial charge in [0.15, 0.2) is 0 Å². The fourth-order valence-electron chi connectivity index (χ4n) is 6.49. The van der Waals surface area contributed by atoms with Crippen LogP contribution >= 0.6 is 24.1 Å². The Bertz CT molecular complexity index is 1670. The monoisotopic (exact) mass is 840 g/mol. The number of nitrogens with one attached hydrogen (secondary N) is 6.